The zero-order valence-electron chi connectivity index (χ0n) is 22.2. The van der Waals surface area contributed by atoms with Crippen LogP contribution in [-0.2, 0) is 0 Å². The number of halogens is 5. The van der Waals surface area contributed by atoms with Crippen molar-refractivity contribution in [1.29, 1.82) is 0 Å². The number of fused-ring (bicyclic) bond motifs is 1. The summed E-state index contributed by atoms with van der Waals surface area (Å²) in [5.41, 5.74) is 6.65. The van der Waals surface area contributed by atoms with Crippen molar-refractivity contribution in [3.05, 3.63) is 116 Å². The predicted octanol–water partition coefficient (Wildman–Crippen LogP) is 8.39. The first-order valence-corrected chi connectivity index (χ1v) is 14.7. The molecule has 1 unspecified atom stereocenters. The molecule has 11 heteroatoms. The van der Waals surface area contributed by atoms with Gasteiger partial charge < -0.3 is 14.4 Å². The summed E-state index contributed by atoms with van der Waals surface area (Å²) in [5.74, 6) is 0.183. The lowest BCUT2D eigenvalue weighted by atomic mass is 9.88. The smallest absolute Gasteiger partial charge is 0.387 e. The summed E-state index contributed by atoms with van der Waals surface area (Å²) >= 11 is 5.04. The van der Waals surface area contributed by atoms with Crippen molar-refractivity contribution >= 4 is 44.6 Å². The summed E-state index contributed by atoms with van der Waals surface area (Å²) < 4.78 is 61.1. The lowest BCUT2D eigenvalue weighted by molar-refractivity contribution is -0.0505. The normalized spacial score (nSPS) is 19.7. The van der Waals surface area contributed by atoms with Crippen LogP contribution in [0.25, 0.3) is 11.8 Å². The van der Waals surface area contributed by atoms with E-state index < -0.39 is 13.2 Å². The first-order chi connectivity index (χ1) is 20.2. The fraction of sp³-hybridized carbons (Fsp3) is 0.194. The molecule has 0 N–H and O–H groups in total. The Bertz CT molecular complexity index is 1590. The molecule has 0 radical (unpaired) electrons. The molecule has 0 aromatic heterocycles. The molecule has 0 saturated carbocycles. The third-order valence-corrected chi connectivity index (χ3v) is 8.40. The minimum absolute atomic E-state index is 0.0905. The molecule has 0 saturated heterocycles. The van der Waals surface area contributed by atoms with Gasteiger partial charge in [0.2, 0.25) is 0 Å². The Labute approximate surface area is 252 Å². The van der Waals surface area contributed by atoms with Crippen molar-refractivity contribution in [3.8, 4) is 11.5 Å². The van der Waals surface area contributed by atoms with Crippen molar-refractivity contribution < 1.29 is 27.0 Å². The zero-order valence-corrected chi connectivity index (χ0v) is 24.6. The van der Waals surface area contributed by atoms with Crippen molar-refractivity contribution in [1.82, 2.24) is 9.80 Å². The summed E-state index contributed by atoms with van der Waals surface area (Å²) in [6.45, 7) is -4.52. The van der Waals surface area contributed by atoms with Gasteiger partial charge in [-0.15, -0.1) is 0 Å². The fourth-order valence-corrected chi connectivity index (χ4v) is 6.52. The van der Waals surface area contributed by atoms with Crippen molar-refractivity contribution in [2.45, 2.75) is 19.3 Å². The number of hydrogen-bond acceptors (Lipinski definition) is 6. The molecule has 3 aromatic rings. The van der Waals surface area contributed by atoms with Crippen LogP contribution in [0.5, 0.6) is 11.5 Å². The maximum Gasteiger partial charge on any atom is 0.387 e. The molecule has 3 aromatic carbocycles. The zero-order chi connectivity index (χ0) is 29.4. The molecular weight excluding hydrogens is 634 g/mol. The van der Waals surface area contributed by atoms with Gasteiger partial charge in [-0.1, -0.05) is 64.1 Å². The maximum absolute atomic E-state index is 12.9. The molecule has 42 heavy (non-hydrogen) atoms. The van der Waals surface area contributed by atoms with Crippen LogP contribution in [0.1, 0.15) is 22.7 Å². The Balaban J connectivity index is 1.43. The molecule has 3 aliphatic heterocycles. The van der Waals surface area contributed by atoms with Crippen LogP contribution >= 0.6 is 27.7 Å². The van der Waals surface area contributed by atoms with Gasteiger partial charge in [-0.3, -0.25) is 4.90 Å². The Morgan fingerprint density at radius 2 is 1.50 bits per heavy atom. The first kappa shape index (κ1) is 28.6. The molecule has 216 valence electrons. The second-order valence-corrected chi connectivity index (χ2v) is 11.7. The molecule has 5 nitrogen and oxygen atoms in total. The van der Waals surface area contributed by atoms with Gasteiger partial charge in [0, 0.05) is 23.0 Å². The Morgan fingerprint density at radius 1 is 0.881 bits per heavy atom. The van der Waals surface area contributed by atoms with Gasteiger partial charge in [-0.05, 0) is 77.4 Å². The number of thioether (sulfide) groups is 1. The fourth-order valence-electron chi connectivity index (χ4n) is 5.33. The number of hydrogen-bond donors (Lipinski definition) is 0. The summed E-state index contributed by atoms with van der Waals surface area (Å²) in [7, 11) is 2.03. The average Bonchev–Trinajstić information content (AvgIpc) is 3.37. The standard InChI is InChI=1S/C31H24BrF4N3O2S/c1-38-15-21(14-18-2-10-23(11-3-18)40-29(33)34)27-25(16-38)28(20-6-12-24(13-7-20)41-30(35)36)39-26(17-42-31(39)37-27)19-4-8-22(32)9-5-19/h2-14,17,28-30H,15-16H2,1H3. The lowest BCUT2D eigenvalue weighted by Gasteiger charge is -2.42. The van der Waals surface area contributed by atoms with E-state index in [0.29, 0.717) is 13.1 Å². The summed E-state index contributed by atoms with van der Waals surface area (Å²) in [6.07, 6.45) is 2.01. The molecule has 1 atom stereocenters. The van der Waals surface area contributed by atoms with E-state index in [2.05, 4.69) is 40.6 Å². The summed E-state index contributed by atoms with van der Waals surface area (Å²) in [6, 6.07) is 21.1. The van der Waals surface area contributed by atoms with Gasteiger partial charge in [-0.2, -0.15) is 17.6 Å². The van der Waals surface area contributed by atoms with Crippen LogP contribution < -0.4 is 9.47 Å². The molecule has 0 bridgehead atoms. The number of benzene rings is 3. The van der Waals surface area contributed by atoms with Gasteiger partial charge >= 0.3 is 13.2 Å². The maximum atomic E-state index is 12.9. The highest BCUT2D eigenvalue weighted by atomic mass is 79.9. The van der Waals surface area contributed by atoms with Crippen LogP contribution in [0.15, 0.2) is 105 Å². The number of nitrogens with zero attached hydrogens (tertiary/aromatic N) is 3. The van der Waals surface area contributed by atoms with E-state index in [1.165, 1.54) is 23.9 Å². The molecule has 3 aliphatic rings. The number of likely N-dealkylation sites (N-methyl/N-ethyl adjacent to an activating group) is 1. The van der Waals surface area contributed by atoms with Gasteiger partial charge in [0.15, 0.2) is 5.17 Å². The largest absolute Gasteiger partial charge is 0.435 e. The van der Waals surface area contributed by atoms with Gasteiger partial charge in [0.1, 0.15) is 11.5 Å². The van der Waals surface area contributed by atoms with Gasteiger partial charge in [0.25, 0.3) is 0 Å². The molecule has 0 amide bonds. The number of amidine groups is 1. The van der Waals surface area contributed by atoms with E-state index in [0.717, 1.165) is 48.9 Å². The second-order valence-electron chi connectivity index (χ2n) is 9.91. The minimum atomic E-state index is -2.91. The Morgan fingerprint density at radius 3 is 2.12 bits per heavy atom. The predicted molar refractivity (Wildman–Crippen MR) is 160 cm³/mol. The molecule has 0 spiro atoms. The SMILES string of the molecule is CN1CC(=Cc2ccc(OC(F)F)cc2)C2=C(C1)C(c1ccc(OC(F)F)cc1)N1C(c3ccc(Br)cc3)=CSC1=N2. The van der Waals surface area contributed by atoms with E-state index in [1.54, 1.807) is 24.3 Å². The van der Waals surface area contributed by atoms with Crippen molar-refractivity contribution in [3.63, 3.8) is 0 Å². The minimum Gasteiger partial charge on any atom is -0.435 e. The molecular formula is C31H24BrF4N3O2S. The number of aliphatic imine (C=N–C) groups is 1. The van der Waals surface area contributed by atoms with Gasteiger partial charge in [-0.25, -0.2) is 4.99 Å². The van der Waals surface area contributed by atoms with Gasteiger partial charge in [0.05, 0.1) is 17.4 Å². The highest BCUT2D eigenvalue weighted by Gasteiger charge is 2.41. The highest BCUT2D eigenvalue weighted by molar-refractivity contribution is 9.10. The van der Waals surface area contributed by atoms with Crippen molar-refractivity contribution in [2.75, 3.05) is 20.1 Å². The molecule has 0 fully saturated rings. The monoisotopic (exact) mass is 657 g/mol. The van der Waals surface area contributed by atoms with E-state index in [1.807, 2.05) is 49.5 Å². The van der Waals surface area contributed by atoms with Crippen LogP contribution in [0.3, 0.4) is 0 Å². The van der Waals surface area contributed by atoms with E-state index in [9.17, 15) is 17.6 Å². The number of ether oxygens (including phenoxy) is 2. The van der Waals surface area contributed by atoms with Crippen molar-refractivity contribution in [2.24, 2.45) is 4.99 Å². The summed E-state index contributed by atoms with van der Waals surface area (Å²) in [5, 5.41) is 2.89. The van der Waals surface area contributed by atoms with Crippen LogP contribution in [0.2, 0.25) is 0 Å². The average molecular weight is 659 g/mol. The molecule has 6 rings (SSSR count). The first-order valence-electron chi connectivity index (χ1n) is 13.0. The Kier molecular flexibility index (Phi) is 8.15. The van der Waals surface area contributed by atoms with Crippen LogP contribution in [0.4, 0.5) is 17.6 Å². The quantitative estimate of drug-likeness (QED) is 0.239. The highest BCUT2D eigenvalue weighted by Crippen LogP contribution is 2.49. The third-order valence-electron chi connectivity index (χ3n) is 7.03. The third kappa shape index (κ3) is 5.99. The number of alkyl halides is 4. The number of rotatable bonds is 7. The van der Waals surface area contributed by atoms with E-state index >= 15 is 0 Å². The lowest BCUT2D eigenvalue weighted by Crippen LogP contribution is -2.40. The Hall–Kier alpha value is -3.54. The molecule has 0 aliphatic carbocycles. The topological polar surface area (TPSA) is 37.3 Å². The summed E-state index contributed by atoms with van der Waals surface area (Å²) in [4.78, 5) is 9.53. The van der Waals surface area contributed by atoms with E-state index in [4.69, 9.17) is 4.99 Å². The molecule has 3 heterocycles. The van der Waals surface area contributed by atoms with Crippen LogP contribution in [-0.4, -0.2) is 48.3 Å². The second kappa shape index (κ2) is 12.0. The van der Waals surface area contributed by atoms with E-state index in [-0.39, 0.29) is 17.5 Å². The van der Waals surface area contributed by atoms with Crippen LogP contribution in [0, 0.1) is 0 Å².